The van der Waals surface area contributed by atoms with Gasteiger partial charge in [-0.05, 0) is 30.3 Å². The molecule has 0 aliphatic rings. The Kier molecular flexibility index (Phi) is 4.39. The Bertz CT molecular complexity index is 823. The van der Waals surface area contributed by atoms with Gasteiger partial charge in [-0.25, -0.2) is 0 Å². The highest BCUT2D eigenvalue weighted by atomic mass is 79.9. The lowest BCUT2D eigenvalue weighted by molar-refractivity contribution is 0.0755. The van der Waals surface area contributed by atoms with E-state index in [9.17, 15) is 4.79 Å². The van der Waals surface area contributed by atoms with Crippen molar-refractivity contribution in [2.75, 3.05) is 14.2 Å². The number of para-hydroxylation sites is 1. The number of fused-ring (bicyclic) bond motifs is 1. The average molecular weight is 374 g/mol. The molecule has 1 aromatic heterocycles. The number of hydrogen-bond acceptors (Lipinski definition) is 3. The van der Waals surface area contributed by atoms with E-state index in [1.165, 1.54) is 0 Å². The highest BCUT2D eigenvalue weighted by Crippen LogP contribution is 2.25. The molecule has 0 radical (unpaired) electrons. The summed E-state index contributed by atoms with van der Waals surface area (Å²) in [6.45, 7) is 0.429. The third kappa shape index (κ3) is 3.24. The molecule has 1 heterocycles. The smallest absolute Gasteiger partial charge is 0.289 e. The van der Waals surface area contributed by atoms with E-state index in [2.05, 4.69) is 15.9 Å². The monoisotopic (exact) mass is 373 g/mol. The molecular weight excluding hydrogens is 358 g/mol. The Morgan fingerprint density at radius 1 is 1.22 bits per heavy atom. The molecule has 0 unspecified atom stereocenters. The summed E-state index contributed by atoms with van der Waals surface area (Å²) in [5, 5.41) is 0.921. The normalized spacial score (nSPS) is 10.7. The number of benzene rings is 2. The van der Waals surface area contributed by atoms with Crippen molar-refractivity contribution in [2.45, 2.75) is 6.54 Å². The summed E-state index contributed by atoms with van der Waals surface area (Å²) in [7, 11) is 3.36. The summed E-state index contributed by atoms with van der Waals surface area (Å²) in [5.74, 6) is 0.920. The number of ether oxygens (including phenoxy) is 1. The van der Waals surface area contributed by atoms with Crippen molar-refractivity contribution in [2.24, 2.45) is 0 Å². The van der Waals surface area contributed by atoms with Crippen LogP contribution in [0, 0.1) is 0 Å². The van der Waals surface area contributed by atoms with Crippen molar-refractivity contribution in [3.63, 3.8) is 0 Å². The Hall–Kier alpha value is -2.27. The molecular formula is C18H16BrNO3. The van der Waals surface area contributed by atoms with Crippen LogP contribution in [0.15, 0.2) is 57.4 Å². The van der Waals surface area contributed by atoms with E-state index < -0.39 is 0 Å². The summed E-state index contributed by atoms with van der Waals surface area (Å²) in [6.07, 6.45) is 0. The zero-order valence-electron chi connectivity index (χ0n) is 12.9. The van der Waals surface area contributed by atoms with E-state index >= 15 is 0 Å². The van der Waals surface area contributed by atoms with Crippen molar-refractivity contribution in [3.8, 4) is 5.75 Å². The van der Waals surface area contributed by atoms with Gasteiger partial charge in [0.25, 0.3) is 5.91 Å². The number of amides is 1. The Morgan fingerprint density at radius 2 is 2.00 bits per heavy atom. The summed E-state index contributed by atoms with van der Waals surface area (Å²) in [6, 6.07) is 15.1. The van der Waals surface area contributed by atoms with Gasteiger partial charge in [0.05, 0.1) is 7.11 Å². The maximum Gasteiger partial charge on any atom is 0.289 e. The highest BCUT2D eigenvalue weighted by Gasteiger charge is 2.18. The molecule has 0 saturated carbocycles. The van der Waals surface area contributed by atoms with Gasteiger partial charge in [-0.2, -0.15) is 0 Å². The van der Waals surface area contributed by atoms with E-state index in [-0.39, 0.29) is 5.91 Å². The predicted molar refractivity (Wildman–Crippen MR) is 92.7 cm³/mol. The first-order valence-corrected chi connectivity index (χ1v) is 7.94. The lowest BCUT2D eigenvalue weighted by Crippen LogP contribution is -2.26. The van der Waals surface area contributed by atoms with Crippen molar-refractivity contribution in [1.29, 1.82) is 0 Å². The van der Waals surface area contributed by atoms with Gasteiger partial charge in [-0.15, -0.1) is 0 Å². The molecule has 3 aromatic rings. The van der Waals surface area contributed by atoms with Crippen molar-refractivity contribution >= 4 is 32.8 Å². The number of carbonyl (C=O) groups excluding carboxylic acids is 1. The molecule has 118 valence electrons. The van der Waals surface area contributed by atoms with Crippen molar-refractivity contribution in [3.05, 3.63) is 64.3 Å². The number of methoxy groups -OCH3 is 1. The second kappa shape index (κ2) is 6.46. The fraction of sp³-hybridized carbons (Fsp3) is 0.167. The molecule has 4 nitrogen and oxygen atoms in total. The van der Waals surface area contributed by atoms with Crippen LogP contribution >= 0.6 is 15.9 Å². The summed E-state index contributed by atoms with van der Waals surface area (Å²) < 4.78 is 11.9. The lowest BCUT2D eigenvalue weighted by Gasteiger charge is -2.18. The van der Waals surface area contributed by atoms with Gasteiger partial charge >= 0.3 is 0 Å². The first-order chi connectivity index (χ1) is 11.1. The van der Waals surface area contributed by atoms with E-state index in [1.807, 2.05) is 42.5 Å². The number of halogens is 1. The molecule has 0 atom stereocenters. The lowest BCUT2D eigenvalue weighted by atomic mass is 10.2. The largest absolute Gasteiger partial charge is 0.496 e. The van der Waals surface area contributed by atoms with E-state index in [0.717, 1.165) is 21.2 Å². The number of nitrogens with zero attached hydrogens (tertiary/aromatic N) is 1. The molecule has 0 fully saturated rings. The zero-order chi connectivity index (χ0) is 16.4. The van der Waals surface area contributed by atoms with Crippen LogP contribution in [-0.2, 0) is 6.54 Å². The molecule has 3 rings (SSSR count). The standard InChI is InChI=1S/C18H16BrNO3/c1-20(11-13-9-14(19)7-8-15(13)22-2)18(21)17-10-12-5-3-4-6-16(12)23-17/h3-10H,11H2,1-2H3. The number of furan rings is 1. The van der Waals surface area contributed by atoms with Crippen molar-refractivity contribution in [1.82, 2.24) is 4.90 Å². The number of rotatable bonds is 4. The molecule has 0 N–H and O–H groups in total. The molecule has 0 aliphatic carbocycles. The minimum absolute atomic E-state index is 0.164. The van der Waals surface area contributed by atoms with E-state index in [1.54, 1.807) is 25.1 Å². The van der Waals surface area contributed by atoms with E-state index in [4.69, 9.17) is 9.15 Å². The van der Waals surface area contributed by atoms with Crippen LogP contribution in [0.4, 0.5) is 0 Å². The molecule has 1 amide bonds. The maximum absolute atomic E-state index is 12.6. The maximum atomic E-state index is 12.6. The van der Waals surface area contributed by atoms with Crippen LogP contribution in [0.1, 0.15) is 16.1 Å². The van der Waals surface area contributed by atoms with E-state index in [0.29, 0.717) is 17.9 Å². The number of carbonyl (C=O) groups is 1. The van der Waals surface area contributed by atoms with Gasteiger partial charge < -0.3 is 14.1 Å². The van der Waals surface area contributed by atoms with Crippen LogP contribution in [0.3, 0.4) is 0 Å². The van der Waals surface area contributed by atoms with Gasteiger partial charge in [0.15, 0.2) is 5.76 Å². The molecule has 2 aromatic carbocycles. The zero-order valence-corrected chi connectivity index (χ0v) is 14.5. The van der Waals surface area contributed by atoms with Crippen LogP contribution in [0.25, 0.3) is 11.0 Å². The average Bonchev–Trinajstić information content (AvgIpc) is 2.98. The first-order valence-electron chi connectivity index (χ1n) is 7.15. The molecule has 0 saturated heterocycles. The quantitative estimate of drug-likeness (QED) is 0.677. The summed E-state index contributed by atoms with van der Waals surface area (Å²) >= 11 is 3.44. The SMILES string of the molecule is COc1ccc(Br)cc1CN(C)C(=O)c1cc2ccccc2o1. The van der Waals surface area contributed by atoms with Crippen LogP contribution in [-0.4, -0.2) is 25.0 Å². The third-order valence-corrected chi connectivity index (χ3v) is 4.13. The minimum Gasteiger partial charge on any atom is -0.496 e. The van der Waals surface area contributed by atoms with Gasteiger partial charge in [0, 0.05) is 29.0 Å². The Balaban J connectivity index is 1.84. The number of hydrogen-bond donors (Lipinski definition) is 0. The fourth-order valence-corrected chi connectivity index (χ4v) is 2.88. The third-order valence-electron chi connectivity index (χ3n) is 3.63. The Labute approximate surface area is 142 Å². The van der Waals surface area contributed by atoms with Gasteiger partial charge in [-0.1, -0.05) is 34.1 Å². The highest BCUT2D eigenvalue weighted by molar-refractivity contribution is 9.10. The van der Waals surface area contributed by atoms with Crippen LogP contribution in [0.5, 0.6) is 5.75 Å². The van der Waals surface area contributed by atoms with Gasteiger partial charge in [0.2, 0.25) is 0 Å². The second-order valence-electron chi connectivity index (χ2n) is 5.27. The summed E-state index contributed by atoms with van der Waals surface area (Å²) in [5.41, 5.74) is 1.64. The Morgan fingerprint density at radius 3 is 2.74 bits per heavy atom. The van der Waals surface area contributed by atoms with Gasteiger partial charge in [-0.3, -0.25) is 4.79 Å². The summed E-state index contributed by atoms with van der Waals surface area (Å²) in [4.78, 5) is 14.2. The van der Waals surface area contributed by atoms with Gasteiger partial charge in [0.1, 0.15) is 11.3 Å². The minimum atomic E-state index is -0.164. The van der Waals surface area contributed by atoms with Crippen molar-refractivity contribution < 1.29 is 13.9 Å². The molecule has 0 bridgehead atoms. The molecule has 5 heteroatoms. The van der Waals surface area contributed by atoms with Crippen LogP contribution in [0.2, 0.25) is 0 Å². The fourth-order valence-electron chi connectivity index (χ4n) is 2.47. The second-order valence-corrected chi connectivity index (χ2v) is 6.18. The molecule has 0 spiro atoms. The first kappa shape index (κ1) is 15.6. The predicted octanol–water partition coefficient (Wildman–Crippen LogP) is 4.48. The topological polar surface area (TPSA) is 42.7 Å². The van der Waals surface area contributed by atoms with Crippen LogP contribution < -0.4 is 4.74 Å². The molecule has 0 aliphatic heterocycles. The molecule has 23 heavy (non-hydrogen) atoms.